The molecule has 0 bridgehead atoms. The maximum atomic E-state index is 5.65. The van der Waals surface area contributed by atoms with Crippen molar-refractivity contribution < 1.29 is 4.74 Å². The fourth-order valence-corrected chi connectivity index (χ4v) is 1.74. The molecule has 88 valence electrons. The van der Waals surface area contributed by atoms with Gasteiger partial charge in [0.25, 0.3) is 0 Å². The van der Waals surface area contributed by atoms with Gasteiger partial charge in [-0.15, -0.1) is 0 Å². The highest BCUT2D eigenvalue weighted by Crippen LogP contribution is 2.10. The molecule has 0 aromatic heterocycles. The number of para-hydroxylation sites is 1. The van der Waals surface area contributed by atoms with Crippen LogP contribution in [0.4, 0.5) is 0 Å². The van der Waals surface area contributed by atoms with E-state index in [9.17, 15) is 0 Å². The summed E-state index contributed by atoms with van der Waals surface area (Å²) < 4.78 is 5.65. The summed E-state index contributed by atoms with van der Waals surface area (Å²) in [4.78, 5) is 0. The normalized spacial score (nSPS) is 10.2. The average molecular weight is 226 g/mol. The van der Waals surface area contributed by atoms with Crippen LogP contribution in [-0.2, 0) is 6.42 Å². The summed E-state index contributed by atoms with van der Waals surface area (Å²) in [5.41, 5.74) is 2.70. The van der Waals surface area contributed by atoms with Crippen molar-refractivity contribution in [2.45, 2.75) is 19.8 Å². The molecular formula is C16H18O. The molecule has 0 amide bonds. The third-order valence-electron chi connectivity index (χ3n) is 2.74. The third-order valence-corrected chi connectivity index (χ3v) is 2.74. The highest BCUT2D eigenvalue weighted by molar-refractivity contribution is 5.22. The van der Waals surface area contributed by atoms with E-state index in [0.29, 0.717) is 0 Å². The molecule has 0 fully saturated rings. The second kappa shape index (κ2) is 6.09. The largest absolute Gasteiger partial charge is 0.494 e. The van der Waals surface area contributed by atoms with E-state index in [2.05, 4.69) is 31.2 Å². The Morgan fingerprint density at radius 2 is 1.59 bits per heavy atom. The van der Waals surface area contributed by atoms with Gasteiger partial charge in [0, 0.05) is 0 Å². The minimum Gasteiger partial charge on any atom is -0.494 e. The van der Waals surface area contributed by atoms with Gasteiger partial charge in [0.15, 0.2) is 0 Å². The molecule has 0 aliphatic heterocycles. The van der Waals surface area contributed by atoms with E-state index in [-0.39, 0.29) is 0 Å². The van der Waals surface area contributed by atoms with Gasteiger partial charge in [-0.05, 0) is 37.5 Å². The first-order chi connectivity index (χ1) is 8.34. The second-order valence-electron chi connectivity index (χ2n) is 4.25. The van der Waals surface area contributed by atoms with Gasteiger partial charge < -0.3 is 4.74 Å². The molecule has 0 aliphatic carbocycles. The van der Waals surface area contributed by atoms with Crippen LogP contribution < -0.4 is 4.74 Å². The first-order valence-electron chi connectivity index (χ1n) is 6.08. The van der Waals surface area contributed by atoms with Gasteiger partial charge in [0.1, 0.15) is 5.75 Å². The quantitative estimate of drug-likeness (QED) is 0.700. The lowest BCUT2D eigenvalue weighted by atomic mass is 10.1. The van der Waals surface area contributed by atoms with E-state index in [0.717, 1.165) is 25.2 Å². The molecule has 2 rings (SSSR count). The Labute approximate surface area is 103 Å². The van der Waals surface area contributed by atoms with Gasteiger partial charge in [-0.3, -0.25) is 0 Å². The van der Waals surface area contributed by atoms with Crippen molar-refractivity contribution in [3.05, 3.63) is 65.7 Å². The number of rotatable bonds is 5. The third kappa shape index (κ3) is 3.95. The zero-order chi connectivity index (χ0) is 11.9. The van der Waals surface area contributed by atoms with Crippen LogP contribution in [0.2, 0.25) is 0 Å². The van der Waals surface area contributed by atoms with Crippen LogP contribution in [0.3, 0.4) is 0 Å². The fraction of sp³-hybridized carbons (Fsp3) is 0.250. The monoisotopic (exact) mass is 226 g/mol. The van der Waals surface area contributed by atoms with Crippen LogP contribution in [0.15, 0.2) is 54.6 Å². The summed E-state index contributed by atoms with van der Waals surface area (Å²) in [5.74, 6) is 0.955. The summed E-state index contributed by atoms with van der Waals surface area (Å²) >= 11 is 0. The number of hydrogen-bond acceptors (Lipinski definition) is 1. The van der Waals surface area contributed by atoms with Crippen molar-refractivity contribution in [3.63, 3.8) is 0 Å². The van der Waals surface area contributed by atoms with E-state index in [1.807, 2.05) is 30.3 Å². The molecular weight excluding hydrogens is 208 g/mol. The zero-order valence-electron chi connectivity index (χ0n) is 10.2. The number of ether oxygens (including phenoxy) is 1. The van der Waals surface area contributed by atoms with Crippen LogP contribution in [0.5, 0.6) is 5.75 Å². The Kier molecular flexibility index (Phi) is 4.20. The van der Waals surface area contributed by atoms with Crippen molar-refractivity contribution in [2.75, 3.05) is 6.61 Å². The second-order valence-corrected chi connectivity index (χ2v) is 4.25. The molecule has 0 atom stereocenters. The van der Waals surface area contributed by atoms with E-state index < -0.39 is 0 Å². The van der Waals surface area contributed by atoms with E-state index in [1.165, 1.54) is 11.1 Å². The van der Waals surface area contributed by atoms with Gasteiger partial charge in [0.2, 0.25) is 0 Å². The van der Waals surface area contributed by atoms with E-state index in [1.54, 1.807) is 0 Å². The molecule has 0 N–H and O–H groups in total. The zero-order valence-corrected chi connectivity index (χ0v) is 10.2. The lowest BCUT2D eigenvalue weighted by Crippen LogP contribution is -1.99. The van der Waals surface area contributed by atoms with Crippen LogP contribution in [-0.4, -0.2) is 6.61 Å². The van der Waals surface area contributed by atoms with Crippen molar-refractivity contribution in [3.8, 4) is 5.75 Å². The van der Waals surface area contributed by atoms with Crippen molar-refractivity contribution >= 4 is 0 Å². The standard InChI is InChI=1S/C16H18O/c1-14-9-11-15(12-10-14)6-5-13-17-16-7-3-2-4-8-16/h2-4,7-12H,5-6,13H2,1H3. The average Bonchev–Trinajstić information content (AvgIpc) is 2.38. The lowest BCUT2D eigenvalue weighted by molar-refractivity contribution is 0.311. The summed E-state index contributed by atoms with van der Waals surface area (Å²) in [6.07, 6.45) is 2.13. The van der Waals surface area contributed by atoms with Crippen molar-refractivity contribution in [1.29, 1.82) is 0 Å². The maximum absolute atomic E-state index is 5.65. The Balaban J connectivity index is 1.71. The minimum atomic E-state index is 0.776. The Hall–Kier alpha value is -1.76. The summed E-state index contributed by atoms with van der Waals surface area (Å²) in [6, 6.07) is 18.7. The van der Waals surface area contributed by atoms with Crippen molar-refractivity contribution in [2.24, 2.45) is 0 Å². The van der Waals surface area contributed by atoms with E-state index in [4.69, 9.17) is 4.74 Å². The molecule has 0 spiro atoms. The van der Waals surface area contributed by atoms with Crippen LogP contribution in [0.25, 0.3) is 0 Å². The SMILES string of the molecule is Cc1ccc(CCCOc2ccccc2)cc1. The van der Waals surface area contributed by atoms with Gasteiger partial charge in [-0.2, -0.15) is 0 Å². The molecule has 0 aliphatic rings. The molecule has 0 radical (unpaired) electrons. The summed E-state index contributed by atoms with van der Waals surface area (Å²) in [6.45, 7) is 2.89. The molecule has 2 aromatic carbocycles. The summed E-state index contributed by atoms with van der Waals surface area (Å²) in [5, 5.41) is 0. The topological polar surface area (TPSA) is 9.23 Å². The van der Waals surface area contributed by atoms with E-state index >= 15 is 0 Å². The summed E-state index contributed by atoms with van der Waals surface area (Å²) in [7, 11) is 0. The molecule has 1 heteroatoms. The van der Waals surface area contributed by atoms with Crippen LogP contribution >= 0.6 is 0 Å². The van der Waals surface area contributed by atoms with Crippen LogP contribution in [0, 0.1) is 6.92 Å². The lowest BCUT2D eigenvalue weighted by Gasteiger charge is -2.06. The van der Waals surface area contributed by atoms with Crippen molar-refractivity contribution in [1.82, 2.24) is 0 Å². The smallest absolute Gasteiger partial charge is 0.119 e. The fourth-order valence-electron chi connectivity index (χ4n) is 1.74. The Bertz CT molecular complexity index is 431. The van der Waals surface area contributed by atoms with Gasteiger partial charge in [-0.25, -0.2) is 0 Å². The Morgan fingerprint density at radius 3 is 2.29 bits per heavy atom. The van der Waals surface area contributed by atoms with Gasteiger partial charge in [-0.1, -0.05) is 48.0 Å². The van der Waals surface area contributed by atoms with Crippen LogP contribution in [0.1, 0.15) is 17.5 Å². The predicted molar refractivity (Wildman–Crippen MR) is 71.4 cm³/mol. The van der Waals surface area contributed by atoms with Gasteiger partial charge >= 0.3 is 0 Å². The highest BCUT2D eigenvalue weighted by Gasteiger charge is 1.94. The molecule has 17 heavy (non-hydrogen) atoms. The maximum Gasteiger partial charge on any atom is 0.119 e. The molecule has 0 saturated carbocycles. The minimum absolute atomic E-state index is 0.776. The first kappa shape index (κ1) is 11.7. The molecule has 0 saturated heterocycles. The molecule has 0 heterocycles. The molecule has 1 nitrogen and oxygen atoms in total. The van der Waals surface area contributed by atoms with Gasteiger partial charge in [0.05, 0.1) is 6.61 Å². The number of hydrogen-bond donors (Lipinski definition) is 0. The number of benzene rings is 2. The predicted octanol–water partition coefficient (Wildman–Crippen LogP) is 4.01. The molecule has 2 aromatic rings. The Morgan fingerprint density at radius 1 is 0.882 bits per heavy atom. The molecule has 0 unspecified atom stereocenters. The number of aryl methyl sites for hydroxylation is 2. The highest BCUT2D eigenvalue weighted by atomic mass is 16.5. The first-order valence-corrected chi connectivity index (χ1v) is 6.08.